The van der Waals surface area contributed by atoms with Crippen LogP contribution >= 0.6 is 15.9 Å². The molecule has 1 aliphatic heterocycles. The maximum Gasteiger partial charge on any atom is 0.303 e. The van der Waals surface area contributed by atoms with Gasteiger partial charge in [0.15, 0.2) is 0 Å². The number of nitrogens with one attached hydrogen (secondary N) is 1. The largest absolute Gasteiger partial charge is 0.481 e. The predicted molar refractivity (Wildman–Crippen MR) is 100 cm³/mol. The predicted octanol–water partition coefficient (Wildman–Crippen LogP) is 3.65. The van der Waals surface area contributed by atoms with Crippen LogP contribution in [0.4, 0.5) is 10.1 Å². The molecule has 1 aromatic carbocycles. The van der Waals surface area contributed by atoms with Crippen LogP contribution < -0.4 is 5.32 Å². The summed E-state index contributed by atoms with van der Waals surface area (Å²) in [6, 6.07) is 3.47. The van der Waals surface area contributed by atoms with E-state index in [1.807, 2.05) is 6.92 Å². The number of hydrogen-bond donors (Lipinski definition) is 2. The lowest BCUT2D eigenvalue weighted by Crippen LogP contribution is -2.47. The van der Waals surface area contributed by atoms with Gasteiger partial charge in [-0.25, -0.2) is 4.39 Å². The maximum absolute atomic E-state index is 13.9. The summed E-state index contributed by atoms with van der Waals surface area (Å²) in [5.74, 6) is -0.784. The quantitative estimate of drug-likeness (QED) is 0.688. The highest BCUT2D eigenvalue weighted by Crippen LogP contribution is 2.29. The van der Waals surface area contributed by atoms with Gasteiger partial charge in [-0.2, -0.15) is 0 Å². The van der Waals surface area contributed by atoms with Crippen LogP contribution in [0.1, 0.15) is 31.7 Å². The van der Waals surface area contributed by atoms with E-state index in [0.717, 1.165) is 44.5 Å². The number of aliphatic carboxylic acids is 1. The van der Waals surface area contributed by atoms with Gasteiger partial charge >= 0.3 is 5.97 Å². The number of nitrogens with zero attached hydrogens (tertiary/aromatic N) is 1. The van der Waals surface area contributed by atoms with Crippen molar-refractivity contribution in [2.45, 2.75) is 45.5 Å². The molecular formula is C17H25BBrFN2O2. The molecule has 2 N–H and O–H groups in total. The van der Waals surface area contributed by atoms with Crippen molar-refractivity contribution in [2.24, 2.45) is 5.92 Å². The molecule has 1 heterocycles. The van der Waals surface area contributed by atoms with E-state index in [-0.39, 0.29) is 24.2 Å². The molecule has 0 saturated carbocycles. The first-order valence-corrected chi connectivity index (χ1v) is 9.36. The van der Waals surface area contributed by atoms with E-state index < -0.39 is 5.97 Å². The first-order chi connectivity index (χ1) is 11.4. The summed E-state index contributed by atoms with van der Waals surface area (Å²) in [5, 5.41) is 12.5. The molecule has 2 atom stereocenters. The summed E-state index contributed by atoms with van der Waals surface area (Å²) in [6.45, 7) is 6.00. The highest BCUT2D eigenvalue weighted by molar-refractivity contribution is 9.10. The maximum atomic E-state index is 13.9. The molecule has 4 nitrogen and oxygen atoms in total. The van der Waals surface area contributed by atoms with Gasteiger partial charge in [0, 0.05) is 18.2 Å². The minimum atomic E-state index is -0.757. The second-order valence-corrected chi connectivity index (χ2v) is 7.47. The number of hydrogen-bond acceptors (Lipinski definition) is 3. The minimum Gasteiger partial charge on any atom is -0.481 e. The van der Waals surface area contributed by atoms with Gasteiger partial charge in [0.2, 0.25) is 7.41 Å². The van der Waals surface area contributed by atoms with Gasteiger partial charge < -0.3 is 15.2 Å². The first kappa shape index (κ1) is 19.3. The van der Waals surface area contributed by atoms with Crippen LogP contribution in [0.3, 0.4) is 0 Å². The smallest absolute Gasteiger partial charge is 0.303 e. The molecule has 0 amide bonds. The molecule has 1 saturated heterocycles. The number of carbonyl (C=O) groups is 1. The second kappa shape index (κ2) is 8.86. The van der Waals surface area contributed by atoms with Gasteiger partial charge in [-0.1, -0.05) is 13.2 Å². The fourth-order valence-electron chi connectivity index (χ4n) is 3.42. The Morgan fingerprint density at radius 2 is 2.29 bits per heavy atom. The fraction of sp³-hybridized carbons (Fsp3) is 0.588. The lowest BCUT2D eigenvalue weighted by molar-refractivity contribution is -0.137. The lowest BCUT2D eigenvalue weighted by Gasteiger charge is -2.39. The summed E-state index contributed by atoms with van der Waals surface area (Å²) in [7, 11) is 1.04. The monoisotopic (exact) mass is 398 g/mol. The van der Waals surface area contributed by atoms with Crippen LogP contribution in [0.25, 0.3) is 0 Å². The van der Waals surface area contributed by atoms with Crippen LogP contribution in [-0.2, 0) is 4.79 Å². The number of halogens is 2. The zero-order chi connectivity index (χ0) is 17.7. The van der Waals surface area contributed by atoms with Crippen LogP contribution in [0.5, 0.6) is 0 Å². The van der Waals surface area contributed by atoms with Crippen LogP contribution in [0.15, 0.2) is 16.6 Å². The molecule has 0 bridgehead atoms. The van der Waals surface area contributed by atoms with Crippen molar-refractivity contribution in [3.63, 3.8) is 0 Å². The fourth-order valence-corrected chi connectivity index (χ4v) is 3.88. The first-order valence-electron chi connectivity index (χ1n) is 8.57. The Kier molecular flexibility index (Phi) is 7.10. The third-order valence-corrected chi connectivity index (χ3v) is 5.30. The van der Waals surface area contributed by atoms with Gasteiger partial charge in [-0.3, -0.25) is 4.79 Å². The van der Waals surface area contributed by atoms with Gasteiger partial charge in [-0.05, 0) is 72.4 Å². The summed E-state index contributed by atoms with van der Waals surface area (Å²) in [4.78, 5) is 13.4. The Balaban J connectivity index is 2.10. The molecule has 24 heavy (non-hydrogen) atoms. The molecule has 0 aliphatic carbocycles. The van der Waals surface area contributed by atoms with E-state index >= 15 is 0 Å². The number of piperidine rings is 1. The molecule has 2 unspecified atom stereocenters. The summed E-state index contributed by atoms with van der Waals surface area (Å²) < 4.78 is 14.3. The van der Waals surface area contributed by atoms with E-state index in [9.17, 15) is 9.18 Å². The van der Waals surface area contributed by atoms with Gasteiger partial charge in [0.25, 0.3) is 0 Å². The number of carboxylic acids is 1. The molecule has 2 rings (SSSR count). The van der Waals surface area contributed by atoms with Crippen LogP contribution in [-0.4, -0.2) is 42.4 Å². The topological polar surface area (TPSA) is 52.6 Å². The summed E-state index contributed by atoms with van der Waals surface area (Å²) >= 11 is 3.21. The number of carboxylic acid groups (broad SMARTS) is 1. The van der Waals surface area contributed by atoms with Gasteiger partial charge in [-0.15, -0.1) is 0 Å². The highest BCUT2D eigenvalue weighted by atomic mass is 79.9. The van der Waals surface area contributed by atoms with Crippen molar-refractivity contribution in [3.8, 4) is 0 Å². The Labute approximate surface area is 152 Å². The van der Waals surface area contributed by atoms with Crippen LogP contribution in [0.2, 0.25) is 6.32 Å². The molecule has 132 valence electrons. The number of aryl methyl sites for hydroxylation is 1. The molecule has 0 aromatic heterocycles. The third kappa shape index (κ3) is 5.21. The van der Waals surface area contributed by atoms with Crippen molar-refractivity contribution in [3.05, 3.63) is 28.0 Å². The molecular weight excluding hydrogens is 374 g/mol. The molecule has 1 aliphatic rings. The van der Waals surface area contributed by atoms with E-state index in [4.69, 9.17) is 5.11 Å². The van der Waals surface area contributed by atoms with E-state index in [0.29, 0.717) is 10.9 Å². The average Bonchev–Trinajstić information content (AvgIpc) is 2.52. The van der Waals surface area contributed by atoms with E-state index in [1.54, 1.807) is 6.07 Å². The highest BCUT2D eigenvalue weighted by Gasteiger charge is 2.29. The minimum absolute atomic E-state index is 0.177. The third-order valence-electron chi connectivity index (χ3n) is 4.70. The second-order valence-electron chi connectivity index (χ2n) is 6.61. The van der Waals surface area contributed by atoms with E-state index in [1.165, 1.54) is 6.07 Å². The molecule has 1 fully saturated rings. The standard InChI is InChI=1S/C17H25BBrFN2O2/c1-3-18-22-7-6-15(12(10-22)4-5-17(23)24)21-16-9-14(20)13(19)8-11(16)2/h8-9,12,15,18,21H,3-7,10H2,1-2H3,(H,23,24). The summed E-state index contributed by atoms with van der Waals surface area (Å²) in [6.07, 6.45) is 2.87. The molecule has 0 spiro atoms. The Bertz CT molecular complexity index is 588. The normalized spacial score (nSPS) is 21.5. The molecule has 7 heteroatoms. The SMILES string of the molecule is CCBN1CCC(Nc2cc(F)c(Br)cc2C)C(CCC(=O)O)C1. The van der Waals surface area contributed by atoms with Crippen molar-refractivity contribution >= 4 is 35.0 Å². The number of benzene rings is 1. The number of rotatable bonds is 7. The van der Waals surface area contributed by atoms with E-state index in [2.05, 4.69) is 33.0 Å². The summed E-state index contributed by atoms with van der Waals surface area (Å²) in [5.41, 5.74) is 1.78. The molecule has 0 radical (unpaired) electrons. The lowest BCUT2D eigenvalue weighted by atomic mass is 9.79. The Morgan fingerprint density at radius 3 is 2.96 bits per heavy atom. The van der Waals surface area contributed by atoms with Crippen molar-refractivity contribution in [1.29, 1.82) is 0 Å². The van der Waals surface area contributed by atoms with Crippen molar-refractivity contribution in [2.75, 3.05) is 18.4 Å². The number of anilines is 1. The van der Waals surface area contributed by atoms with Crippen LogP contribution in [0, 0.1) is 18.7 Å². The van der Waals surface area contributed by atoms with Gasteiger partial charge in [0.1, 0.15) is 5.82 Å². The molecule has 1 aromatic rings. The Morgan fingerprint density at radius 1 is 1.54 bits per heavy atom. The van der Waals surface area contributed by atoms with Crippen molar-refractivity contribution in [1.82, 2.24) is 4.81 Å². The van der Waals surface area contributed by atoms with Gasteiger partial charge in [0.05, 0.1) is 4.47 Å². The zero-order valence-electron chi connectivity index (χ0n) is 14.3. The van der Waals surface area contributed by atoms with Crippen molar-refractivity contribution < 1.29 is 14.3 Å². The Hall–Kier alpha value is -1.08. The average molecular weight is 399 g/mol. The zero-order valence-corrected chi connectivity index (χ0v) is 15.9.